The molecule has 1 aliphatic rings. The van der Waals surface area contributed by atoms with Crippen molar-refractivity contribution in [2.45, 2.75) is 25.2 Å². The monoisotopic (exact) mass is 379 g/mol. The van der Waals surface area contributed by atoms with Crippen molar-refractivity contribution in [2.24, 2.45) is 0 Å². The number of carbonyl (C=O) groups is 1. The highest BCUT2D eigenvalue weighted by atomic mass is 35.5. The lowest BCUT2D eigenvalue weighted by Gasteiger charge is -2.32. The van der Waals surface area contributed by atoms with Gasteiger partial charge in [-0.25, -0.2) is 4.98 Å². The minimum absolute atomic E-state index is 0.0807. The first kappa shape index (κ1) is 18.0. The van der Waals surface area contributed by atoms with Crippen LogP contribution in [0.25, 0.3) is 0 Å². The smallest absolute Gasteiger partial charge is 0.241 e. The van der Waals surface area contributed by atoms with E-state index < -0.39 is 0 Å². The van der Waals surface area contributed by atoms with Crippen molar-refractivity contribution >= 4 is 29.1 Å². The van der Waals surface area contributed by atoms with Crippen LogP contribution in [0.1, 0.15) is 30.9 Å². The minimum Gasteiger partial charge on any atom is -0.436 e. The van der Waals surface area contributed by atoms with E-state index in [2.05, 4.69) is 9.97 Å². The lowest BCUT2D eigenvalue weighted by Crippen LogP contribution is -2.39. The highest BCUT2D eigenvalue weighted by Crippen LogP contribution is 2.34. The van der Waals surface area contributed by atoms with E-state index in [-0.39, 0.29) is 11.8 Å². The minimum atomic E-state index is 0.0807. The Balaban J connectivity index is 1.80. The number of amides is 1. The number of likely N-dealkylation sites (tertiary alicyclic amines) is 1. The van der Waals surface area contributed by atoms with Crippen molar-refractivity contribution in [2.75, 3.05) is 19.0 Å². The van der Waals surface area contributed by atoms with Crippen LogP contribution < -0.4 is 4.74 Å². The van der Waals surface area contributed by atoms with E-state index in [1.807, 2.05) is 17.0 Å². The summed E-state index contributed by atoms with van der Waals surface area (Å²) in [7, 11) is 0. The molecule has 0 aliphatic carbocycles. The average molecular weight is 380 g/mol. The first-order valence-corrected chi connectivity index (χ1v) is 9.17. The third kappa shape index (κ3) is 4.41. The number of hydrogen-bond acceptors (Lipinski definition) is 4. The molecule has 0 spiro atoms. The Labute approximate surface area is 156 Å². The molecule has 1 aromatic heterocycles. The van der Waals surface area contributed by atoms with Gasteiger partial charge >= 0.3 is 0 Å². The number of piperidine rings is 1. The Kier molecular flexibility index (Phi) is 6.10. The Morgan fingerprint density at radius 2 is 2.08 bits per heavy atom. The third-order valence-electron chi connectivity index (χ3n) is 4.20. The Hall–Kier alpha value is -1.85. The van der Waals surface area contributed by atoms with Gasteiger partial charge in [-0.2, -0.15) is 0 Å². The van der Waals surface area contributed by atoms with Crippen LogP contribution in [0, 0.1) is 0 Å². The molecule has 1 saturated heterocycles. The van der Waals surface area contributed by atoms with Gasteiger partial charge < -0.3 is 9.64 Å². The molecule has 132 valence electrons. The summed E-state index contributed by atoms with van der Waals surface area (Å²) in [6.07, 6.45) is 5.45. The van der Waals surface area contributed by atoms with E-state index in [0.717, 1.165) is 25.1 Å². The summed E-state index contributed by atoms with van der Waals surface area (Å²) in [6, 6.07) is 7.25. The standard InChI is InChI=1S/C18H19Cl2N3O2/c19-8-7-16(24)23-11-3-4-13(12-23)17-18(22-10-9-21-17)25-15-6-2-1-5-14(15)20/h1-2,5-6,9-10,13H,3-4,7-8,11-12H2. The SMILES string of the molecule is O=C(CCCl)N1CCCC(c2nccnc2Oc2ccccc2Cl)C1. The summed E-state index contributed by atoms with van der Waals surface area (Å²) in [5.41, 5.74) is 0.755. The summed E-state index contributed by atoms with van der Waals surface area (Å²) in [5.74, 6) is 1.48. The van der Waals surface area contributed by atoms with Gasteiger partial charge in [0.05, 0.1) is 5.02 Å². The van der Waals surface area contributed by atoms with Crippen LogP contribution in [0.5, 0.6) is 11.6 Å². The fourth-order valence-corrected chi connectivity index (χ4v) is 3.33. The summed E-state index contributed by atoms with van der Waals surface area (Å²) in [5, 5.41) is 0.515. The van der Waals surface area contributed by atoms with Gasteiger partial charge in [0.2, 0.25) is 11.8 Å². The Bertz CT molecular complexity index is 742. The topological polar surface area (TPSA) is 55.3 Å². The van der Waals surface area contributed by atoms with E-state index >= 15 is 0 Å². The van der Waals surface area contributed by atoms with Crippen LogP contribution in [0.2, 0.25) is 5.02 Å². The quantitative estimate of drug-likeness (QED) is 0.728. The molecule has 0 bridgehead atoms. The molecule has 1 unspecified atom stereocenters. The predicted molar refractivity (Wildman–Crippen MR) is 97.5 cm³/mol. The van der Waals surface area contributed by atoms with Gasteiger partial charge in [-0.05, 0) is 25.0 Å². The van der Waals surface area contributed by atoms with Gasteiger partial charge in [-0.1, -0.05) is 23.7 Å². The Morgan fingerprint density at radius 3 is 2.88 bits per heavy atom. The zero-order valence-corrected chi connectivity index (χ0v) is 15.2. The van der Waals surface area contributed by atoms with Crippen molar-refractivity contribution < 1.29 is 9.53 Å². The number of alkyl halides is 1. The lowest BCUT2D eigenvalue weighted by molar-refractivity contribution is -0.132. The van der Waals surface area contributed by atoms with Crippen LogP contribution in [-0.4, -0.2) is 39.7 Å². The van der Waals surface area contributed by atoms with Gasteiger partial charge in [-0.15, -0.1) is 11.6 Å². The zero-order valence-electron chi connectivity index (χ0n) is 13.7. The first-order valence-electron chi connectivity index (χ1n) is 8.26. The number of ether oxygens (including phenoxy) is 1. The van der Waals surface area contributed by atoms with Crippen molar-refractivity contribution in [3.63, 3.8) is 0 Å². The average Bonchev–Trinajstić information content (AvgIpc) is 2.64. The fraction of sp³-hybridized carbons (Fsp3) is 0.389. The number of halogens is 2. The van der Waals surface area contributed by atoms with Crippen LogP contribution in [0.4, 0.5) is 0 Å². The second-order valence-electron chi connectivity index (χ2n) is 5.90. The molecule has 1 atom stereocenters. The fourth-order valence-electron chi connectivity index (χ4n) is 2.99. The molecule has 2 heterocycles. The molecule has 1 fully saturated rings. The number of hydrogen-bond donors (Lipinski definition) is 0. The van der Waals surface area contributed by atoms with Gasteiger partial charge in [0.15, 0.2) is 0 Å². The molecule has 3 rings (SSSR count). The van der Waals surface area contributed by atoms with Gasteiger partial charge in [0, 0.05) is 43.7 Å². The number of aromatic nitrogens is 2. The van der Waals surface area contributed by atoms with Crippen molar-refractivity contribution in [3.05, 3.63) is 47.4 Å². The first-order chi connectivity index (χ1) is 12.2. The largest absolute Gasteiger partial charge is 0.436 e. The van der Waals surface area contributed by atoms with E-state index in [9.17, 15) is 4.79 Å². The van der Waals surface area contributed by atoms with Crippen LogP contribution >= 0.6 is 23.2 Å². The van der Waals surface area contributed by atoms with E-state index in [1.165, 1.54) is 0 Å². The molecular weight excluding hydrogens is 361 g/mol. The van der Waals surface area contributed by atoms with Gasteiger partial charge in [-0.3, -0.25) is 9.78 Å². The number of benzene rings is 1. The van der Waals surface area contributed by atoms with E-state index in [4.69, 9.17) is 27.9 Å². The summed E-state index contributed by atoms with van der Waals surface area (Å²) >= 11 is 11.9. The zero-order chi connectivity index (χ0) is 17.6. The molecule has 1 aliphatic heterocycles. The van der Waals surface area contributed by atoms with Gasteiger partial charge in [0.25, 0.3) is 0 Å². The van der Waals surface area contributed by atoms with E-state index in [1.54, 1.807) is 24.5 Å². The molecule has 25 heavy (non-hydrogen) atoms. The highest BCUT2D eigenvalue weighted by molar-refractivity contribution is 6.32. The van der Waals surface area contributed by atoms with Crippen LogP contribution in [-0.2, 0) is 4.79 Å². The highest BCUT2D eigenvalue weighted by Gasteiger charge is 2.28. The third-order valence-corrected chi connectivity index (χ3v) is 4.70. The molecule has 0 radical (unpaired) electrons. The number of rotatable bonds is 5. The second kappa shape index (κ2) is 8.50. The number of para-hydroxylation sites is 1. The van der Waals surface area contributed by atoms with Crippen LogP contribution in [0.3, 0.4) is 0 Å². The Morgan fingerprint density at radius 1 is 1.28 bits per heavy atom. The molecule has 0 N–H and O–H groups in total. The maximum Gasteiger partial charge on any atom is 0.241 e. The van der Waals surface area contributed by atoms with Crippen molar-refractivity contribution in [1.29, 1.82) is 0 Å². The summed E-state index contributed by atoms with van der Waals surface area (Å²) in [4.78, 5) is 22.8. The summed E-state index contributed by atoms with van der Waals surface area (Å²) < 4.78 is 5.91. The van der Waals surface area contributed by atoms with Gasteiger partial charge in [0.1, 0.15) is 11.4 Å². The molecule has 1 aromatic carbocycles. The molecule has 0 saturated carbocycles. The number of nitrogens with zero attached hydrogens (tertiary/aromatic N) is 3. The molecule has 1 amide bonds. The van der Waals surface area contributed by atoms with Crippen LogP contribution in [0.15, 0.2) is 36.7 Å². The van der Waals surface area contributed by atoms with Crippen molar-refractivity contribution in [3.8, 4) is 11.6 Å². The lowest BCUT2D eigenvalue weighted by atomic mass is 9.94. The molecule has 2 aromatic rings. The second-order valence-corrected chi connectivity index (χ2v) is 6.68. The molecule has 5 nitrogen and oxygen atoms in total. The predicted octanol–water partition coefficient (Wildman–Crippen LogP) is 4.26. The maximum absolute atomic E-state index is 12.2. The van der Waals surface area contributed by atoms with Crippen molar-refractivity contribution in [1.82, 2.24) is 14.9 Å². The number of carbonyl (C=O) groups excluding carboxylic acids is 1. The normalized spacial score (nSPS) is 17.4. The molecule has 7 heteroatoms. The maximum atomic E-state index is 12.2. The van der Waals surface area contributed by atoms with E-state index in [0.29, 0.717) is 35.5 Å². The summed E-state index contributed by atoms with van der Waals surface area (Å²) in [6.45, 7) is 1.36. The molecular formula is C18H19Cl2N3O2.